The molecule has 1 N–H and O–H groups in total. The Morgan fingerprint density at radius 1 is 1.33 bits per heavy atom. The Bertz CT molecular complexity index is 436. The Kier molecular flexibility index (Phi) is 6.85. The van der Waals surface area contributed by atoms with Gasteiger partial charge in [-0.15, -0.1) is 0 Å². The second kappa shape index (κ2) is 7.89. The largest absolute Gasteiger partial charge is 0.384 e. The first kappa shape index (κ1) is 15.6. The summed E-state index contributed by atoms with van der Waals surface area (Å²) in [5, 5.41) is 0. The van der Waals surface area contributed by atoms with E-state index < -0.39 is 10.0 Å². The predicted octanol–water partition coefficient (Wildman–Crippen LogP) is 1.91. The number of methoxy groups -OCH3 is 1. The summed E-state index contributed by atoms with van der Waals surface area (Å²) in [6, 6.07) is 9.13. The molecule has 0 aliphatic rings. The molecule has 18 heavy (non-hydrogen) atoms. The van der Waals surface area contributed by atoms with Gasteiger partial charge >= 0.3 is 0 Å². The highest BCUT2D eigenvalue weighted by atomic mass is 79.9. The van der Waals surface area contributed by atoms with Crippen LogP contribution in [-0.2, 0) is 20.5 Å². The lowest BCUT2D eigenvalue weighted by atomic mass is 10.2. The molecule has 0 bridgehead atoms. The molecule has 1 aromatic carbocycles. The molecule has 4 nitrogen and oxygen atoms in total. The third-order valence-electron chi connectivity index (χ3n) is 2.33. The molecule has 1 rings (SSSR count). The van der Waals surface area contributed by atoms with E-state index in [-0.39, 0.29) is 10.6 Å². The molecule has 0 saturated heterocycles. The van der Waals surface area contributed by atoms with E-state index in [9.17, 15) is 8.42 Å². The number of ether oxygens (including phenoxy) is 1. The van der Waals surface area contributed by atoms with E-state index >= 15 is 0 Å². The Labute approximate surface area is 117 Å². The van der Waals surface area contributed by atoms with E-state index in [0.717, 1.165) is 5.56 Å². The number of hydrogen-bond donors (Lipinski definition) is 1. The van der Waals surface area contributed by atoms with Crippen LogP contribution in [0.25, 0.3) is 0 Å². The van der Waals surface area contributed by atoms with Crippen molar-refractivity contribution in [1.82, 2.24) is 4.72 Å². The highest BCUT2D eigenvalue weighted by Gasteiger charge is 2.11. The van der Waals surface area contributed by atoms with Crippen molar-refractivity contribution in [2.75, 3.05) is 20.3 Å². The zero-order valence-corrected chi connectivity index (χ0v) is 12.7. The summed E-state index contributed by atoms with van der Waals surface area (Å²) >= 11 is 3.41. The van der Waals surface area contributed by atoms with Crippen LogP contribution in [0.4, 0.5) is 0 Å². The molecule has 0 spiro atoms. The maximum Gasteiger partial charge on any atom is 0.215 e. The zero-order chi connectivity index (χ0) is 13.4. The zero-order valence-electron chi connectivity index (χ0n) is 10.3. The van der Waals surface area contributed by atoms with Gasteiger partial charge in [-0.1, -0.05) is 46.3 Å². The molecule has 0 radical (unpaired) electrons. The number of hydrogen-bond acceptors (Lipinski definition) is 3. The third-order valence-corrected chi connectivity index (χ3v) is 4.41. The normalized spacial score (nSPS) is 13.4. The average molecular weight is 336 g/mol. The van der Waals surface area contributed by atoms with Crippen LogP contribution in [0.3, 0.4) is 0 Å². The van der Waals surface area contributed by atoms with Gasteiger partial charge in [0.25, 0.3) is 0 Å². The maximum absolute atomic E-state index is 11.8. The van der Waals surface area contributed by atoms with Gasteiger partial charge in [0.2, 0.25) is 10.0 Å². The van der Waals surface area contributed by atoms with Crippen molar-refractivity contribution in [3.63, 3.8) is 0 Å². The molecule has 1 atom stereocenters. The Morgan fingerprint density at radius 2 is 2.00 bits per heavy atom. The molecule has 0 amide bonds. The summed E-state index contributed by atoms with van der Waals surface area (Å²) < 4.78 is 31.1. The molecule has 1 unspecified atom stereocenters. The lowest BCUT2D eigenvalue weighted by molar-refractivity contribution is 0.199. The van der Waals surface area contributed by atoms with E-state index in [4.69, 9.17) is 4.74 Å². The second-order valence-corrected chi connectivity index (χ2v) is 7.08. The van der Waals surface area contributed by atoms with E-state index in [0.29, 0.717) is 19.6 Å². The van der Waals surface area contributed by atoms with Crippen molar-refractivity contribution >= 4 is 26.0 Å². The van der Waals surface area contributed by atoms with E-state index in [2.05, 4.69) is 20.7 Å². The Hall–Kier alpha value is -0.430. The van der Waals surface area contributed by atoms with Gasteiger partial charge in [0.1, 0.15) is 0 Å². The standard InChI is InChI=1S/C12H18BrNO3S/c1-17-9-12(13)7-8-14-18(15,16)10-11-5-3-2-4-6-11/h2-6,12,14H,7-10H2,1H3. The van der Waals surface area contributed by atoms with Gasteiger partial charge in [-0.3, -0.25) is 0 Å². The first-order valence-electron chi connectivity index (χ1n) is 5.68. The lowest BCUT2D eigenvalue weighted by Crippen LogP contribution is -2.28. The molecule has 102 valence electrons. The summed E-state index contributed by atoms with van der Waals surface area (Å²) in [5.74, 6) is 0.0189. The quantitative estimate of drug-likeness (QED) is 0.738. The summed E-state index contributed by atoms with van der Waals surface area (Å²) in [4.78, 5) is 0.168. The number of rotatable bonds is 8. The molecule has 0 aliphatic carbocycles. The molecular formula is C12H18BrNO3S. The predicted molar refractivity (Wildman–Crippen MR) is 76.3 cm³/mol. The molecule has 0 heterocycles. The van der Waals surface area contributed by atoms with E-state index in [1.54, 1.807) is 19.2 Å². The number of benzene rings is 1. The second-order valence-electron chi connectivity index (χ2n) is 3.98. The Balaban J connectivity index is 2.37. The van der Waals surface area contributed by atoms with Gasteiger partial charge in [0, 0.05) is 18.5 Å². The van der Waals surface area contributed by atoms with E-state index in [1.807, 2.05) is 18.2 Å². The molecule has 0 aliphatic heterocycles. The van der Waals surface area contributed by atoms with Crippen molar-refractivity contribution in [3.8, 4) is 0 Å². The topological polar surface area (TPSA) is 55.4 Å². The van der Waals surface area contributed by atoms with Gasteiger partial charge in [0.15, 0.2) is 0 Å². The first-order valence-corrected chi connectivity index (χ1v) is 8.24. The Morgan fingerprint density at radius 3 is 2.61 bits per heavy atom. The van der Waals surface area contributed by atoms with Crippen LogP contribution in [0, 0.1) is 0 Å². The molecular weight excluding hydrogens is 318 g/mol. The molecule has 6 heteroatoms. The van der Waals surface area contributed by atoms with Crippen LogP contribution in [0.15, 0.2) is 30.3 Å². The fourth-order valence-corrected chi connectivity index (χ4v) is 3.14. The van der Waals surface area contributed by atoms with Crippen molar-refractivity contribution in [2.45, 2.75) is 17.0 Å². The van der Waals surface area contributed by atoms with Gasteiger partial charge in [-0.05, 0) is 12.0 Å². The van der Waals surface area contributed by atoms with Crippen molar-refractivity contribution in [3.05, 3.63) is 35.9 Å². The van der Waals surface area contributed by atoms with Crippen LogP contribution in [-0.4, -0.2) is 33.5 Å². The number of sulfonamides is 1. The fourth-order valence-electron chi connectivity index (χ4n) is 1.48. The summed E-state index contributed by atoms with van der Waals surface area (Å²) in [6.07, 6.45) is 0.696. The summed E-state index contributed by atoms with van der Waals surface area (Å²) in [6.45, 7) is 0.981. The van der Waals surface area contributed by atoms with Crippen molar-refractivity contribution < 1.29 is 13.2 Å². The van der Waals surface area contributed by atoms with Crippen LogP contribution in [0.5, 0.6) is 0 Å². The van der Waals surface area contributed by atoms with Crippen LogP contribution in [0.2, 0.25) is 0 Å². The minimum absolute atomic E-state index is 0.0189. The highest BCUT2D eigenvalue weighted by molar-refractivity contribution is 9.09. The van der Waals surface area contributed by atoms with Crippen molar-refractivity contribution in [2.24, 2.45) is 0 Å². The first-order chi connectivity index (χ1) is 8.53. The van der Waals surface area contributed by atoms with Gasteiger partial charge in [-0.2, -0.15) is 0 Å². The van der Waals surface area contributed by atoms with Gasteiger partial charge < -0.3 is 4.74 Å². The molecule has 0 fully saturated rings. The molecule has 0 saturated carbocycles. The van der Waals surface area contributed by atoms with E-state index in [1.165, 1.54) is 0 Å². The minimum atomic E-state index is -3.26. The molecule has 1 aromatic rings. The van der Waals surface area contributed by atoms with Gasteiger partial charge in [0.05, 0.1) is 12.4 Å². The minimum Gasteiger partial charge on any atom is -0.384 e. The number of halogens is 1. The van der Waals surface area contributed by atoms with Crippen molar-refractivity contribution in [1.29, 1.82) is 0 Å². The van der Waals surface area contributed by atoms with Crippen LogP contribution in [0.1, 0.15) is 12.0 Å². The lowest BCUT2D eigenvalue weighted by Gasteiger charge is -2.10. The highest BCUT2D eigenvalue weighted by Crippen LogP contribution is 2.06. The SMILES string of the molecule is COCC(Br)CCNS(=O)(=O)Cc1ccccc1. The number of nitrogens with one attached hydrogen (secondary N) is 1. The maximum atomic E-state index is 11.8. The third kappa shape index (κ3) is 6.49. The van der Waals surface area contributed by atoms with Crippen LogP contribution >= 0.6 is 15.9 Å². The number of alkyl halides is 1. The fraction of sp³-hybridized carbons (Fsp3) is 0.500. The van der Waals surface area contributed by atoms with Crippen LogP contribution < -0.4 is 4.72 Å². The summed E-state index contributed by atoms with van der Waals surface area (Å²) in [7, 11) is -1.64. The average Bonchev–Trinajstić information content (AvgIpc) is 2.29. The monoisotopic (exact) mass is 335 g/mol. The smallest absolute Gasteiger partial charge is 0.215 e. The molecule has 0 aromatic heterocycles. The summed E-state index contributed by atoms with van der Waals surface area (Å²) in [5.41, 5.74) is 0.789. The van der Waals surface area contributed by atoms with Gasteiger partial charge in [-0.25, -0.2) is 13.1 Å².